The normalized spacial score (nSPS) is 11.9. The minimum absolute atomic E-state index is 0.153. The maximum Gasteiger partial charge on any atom is 0.331 e. The molecule has 0 radical (unpaired) electrons. The number of azide groups is 1. The molecule has 210 valence electrons. The van der Waals surface area contributed by atoms with Gasteiger partial charge in [0.25, 0.3) is 0 Å². The van der Waals surface area contributed by atoms with Gasteiger partial charge in [0.15, 0.2) is 18.3 Å². The number of carbonyl (C=O) groups is 2. The Labute approximate surface area is 232 Å². The minimum Gasteiger partial charge on any atom is -0.493 e. The van der Waals surface area contributed by atoms with Crippen LogP contribution in [0.3, 0.4) is 0 Å². The number of esters is 1. The largest absolute Gasteiger partial charge is 0.493 e. The van der Waals surface area contributed by atoms with Gasteiger partial charge in [-0.05, 0) is 34.4 Å². The zero-order valence-electron chi connectivity index (χ0n) is 22.4. The summed E-state index contributed by atoms with van der Waals surface area (Å²) in [5.41, 5.74) is 11.3. The van der Waals surface area contributed by atoms with Crippen molar-refractivity contribution in [3.63, 3.8) is 0 Å². The van der Waals surface area contributed by atoms with Crippen LogP contribution < -0.4 is 14.8 Å². The zero-order valence-corrected chi connectivity index (χ0v) is 22.4. The van der Waals surface area contributed by atoms with E-state index >= 15 is 0 Å². The van der Waals surface area contributed by atoms with Crippen molar-refractivity contribution in [2.45, 2.75) is 25.1 Å². The fourth-order valence-corrected chi connectivity index (χ4v) is 3.73. The summed E-state index contributed by atoms with van der Waals surface area (Å²) >= 11 is 0. The van der Waals surface area contributed by atoms with Crippen LogP contribution in [0.2, 0.25) is 0 Å². The Morgan fingerprint density at radius 3 is 2.27 bits per heavy atom. The molecule has 0 saturated carbocycles. The molecule has 0 aliphatic heterocycles. The number of amides is 1. The lowest BCUT2D eigenvalue weighted by Gasteiger charge is -2.21. The number of hydrogen-bond acceptors (Lipinski definition) is 8. The Morgan fingerprint density at radius 1 is 0.925 bits per heavy atom. The van der Waals surface area contributed by atoms with E-state index in [4.69, 9.17) is 23.7 Å². The highest BCUT2D eigenvalue weighted by atomic mass is 16.7. The van der Waals surface area contributed by atoms with E-state index in [0.717, 1.165) is 11.1 Å². The SMILES string of the molecule is COCCOCOC(=O)[C@@H](Cc1ccccc1)NC(=O)[C@H](N=[N+]=[N-])c1ccc(OC)c(OCc2ccccc2)c1. The van der Waals surface area contributed by atoms with Crippen LogP contribution in [-0.2, 0) is 36.8 Å². The van der Waals surface area contributed by atoms with Gasteiger partial charge >= 0.3 is 5.97 Å². The fraction of sp³-hybridized carbons (Fsp3) is 0.310. The maximum atomic E-state index is 13.4. The smallest absolute Gasteiger partial charge is 0.331 e. The first-order chi connectivity index (χ1) is 19.5. The Morgan fingerprint density at radius 2 is 1.62 bits per heavy atom. The highest BCUT2D eigenvalue weighted by Crippen LogP contribution is 2.32. The lowest BCUT2D eigenvalue weighted by Crippen LogP contribution is -2.45. The summed E-state index contributed by atoms with van der Waals surface area (Å²) in [6.45, 7) is 0.541. The highest BCUT2D eigenvalue weighted by molar-refractivity contribution is 5.88. The van der Waals surface area contributed by atoms with E-state index in [1.165, 1.54) is 14.2 Å². The van der Waals surface area contributed by atoms with Gasteiger partial charge in [0.05, 0.1) is 20.3 Å². The Hall–Kier alpha value is -4.57. The van der Waals surface area contributed by atoms with Gasteiger partial charge in [-0.1, -0.05) is 71.8 Å². The lowest BCUT2D eigenvalue weighted by molar-refractivity contribution is -0.160. The van der Waals surface area contributed by atoms with E-state index in [1.807, 2.05) is 60.7 Å². The Kier molecular flexibility index (Phi) is 12.3. The first kappa shape index (κ1) is 30.0. The second-order valence-corrected chi connectivity index (χ2v) is 8.53. The van der Waals surface area contributed by atoms with Crippen LogP contribution in [0.5, 0.6) is 11.5 Å². The molecule has 11 nitrogen and oxygen atoms in total. The number of nitrogens with one attached hydrogen (secondary N) is 1. The van der Waals surface area contributed by atoms with Gasteiger partial charge in [-0.25, -0.2) is 4.79 Å². The van der Waals surface area contributed by atoms with Crippen LogP contribution in [0, 0.1) is 0 Å². The summed E-state index contributed by atoms with van der Waals surface area (Å²) in [5.74, 6) is -0.576. The molecular weight excluding hydrogens is 516 g/mol. The molecule has 0 heterocycles. The molecule has 0 bridgehead atoms. The van der Waals surface area contributed by atoms with Gasteiger partial charge in [0.1, 0.15) is 18.7 Å². The molecule has 0 spiro atoms. The molecular formula is C29H32N4O7. The average molecular weight is 549 g/mol. The van der Waals surface area contributed by atoms with E-state index in [0.29, 0.717) is 23.7 Å². The highest BCUT2D eigenvalue weighted by Gasteiger charge is 2.28. The quantitative estimate of drug-likeness (QED) is 0.0693. The summed E-state index contributed by atoms with van der Waals surface area (Å²) in [6.07, 6.45) is 0.153. The van der Waals surface area contributed by atoms with Gasteiger partial charge < -0.3 is 29.0 Å². The summed E-state index contributed by atoms with van der Waals surface area (Å²) < 4.78 is 26.7. The summed E-state index contributed by atoms with van der Waals surface area (Å²) in [4.78, 5) is 29.2. The summed E-state index contributed by atoms with van der Waals surface area (Å²) in [5, 5.41) is 6.38. The molecule has 2 atom stereocenters. The van der Waals surface area contributed by atoms with E-state index in [-0.39, 0.29) is 26.4 Å². The third-order valence-corrected chi connectivity index (χ3v) is 5.76. The van der Waals surface area contributed by atoms with Gasteiger partial charge in [-0.2, -0.15) is 0 Å². The number of nitrogens with zero attached hydrogens (tertiary/aromatic N) is 3. The van der Waals surface area contributed by atoms with Crippen molar-refractivity contribution in [2.24, 2.45) is 5.11 Å². The Balaban J connectivity index is 1.79. The van der Waals surface area contributed by atoms with Crippen LogP contribution in [-0.4, -0.2) is 52.1 Å². The van der Waals surface area contributed by atoms with Crippen molar-refractivity contribution in [3.05, 3.63) is 106 Å². The molecule has 0 unspecified atom stereocenters. The number of ether oxygens (including phenoxy) is 5. The number of hydrogen-bond donors (Lipinski definition) is 1. The van der Waals surface area contributed by atoms with Gasteiger partial charge in [-0.3, -0.25) is 4.79 Å². The Bertz CT molecular complexity index is 1270. The standard InChI is InChI=1S/C29H32N4O7/c1-36-15-16-38-20-40-29(35)24(17-21-9-5-3-6-10-21)31-28(34)27(32-33-30)23-13-14-25(37-2)26(18-23)39-19-22-11-7-4-8-12-22/h3-14,18,24,27H,15-17,19-20H2,1-2H3,(H,31,34)/t24-,27-/m1/s1. The topological polar surface area (TPSA) is 141 Å². The molecule has 1 amide bonds. The third-order valence-electron chi connectivity index (χ3n) is 5.76. The van der Waals surface area contributed by atoms with Crippen molar-refractivity contribution in [2.75, 3.05) is 34.2 Å². The fourth-order valence-electron chi connectivity index (χ4n) is 3.73. The van der Waals surface area contributed by atoms with E-state index < -0.39 is 24.0 Å². The van der Waals surface area contributed by atoms with Crippen LogP contribution in [0.4, 0.5) is 0 Å². The van der Waals surface area contributed by atoms with Crippen molar-refractivity contribution < 1.29 is 33.3 Å². The molecule has 0 saturated heterocycles. The monoisotopic (exact) mass is 548 g/mol. The summed E-state index contributed by atoms with van der Waals surface area (Å²) in [7, 11) is 3.03. The van der Waals surface area contributed by atoms with Crippen molar-refractivity contribution in [1.29, 1.82) is 0 Å². The number of rotatable bonds is 16. The molecule has 3 rings (SSSR count). The molecule has 1 N–H and O–H groups in total. The first-order valence-corrected chi connectivity index (χ1v) is 12.5. The molecule has 0 fully saturated rings. The first-order valence-electron chi connectivity index (χ1n) is 12.5. The van der Waals surface area contributed by atoms with Crippen LogP contribution >= 0.6 is 0 Å². The van der Waals surface area contributed by atoms with Crippen LogP contribution in [0.15, 0.2) is 84.0 Å². The molecule has 0 aromatic heterocycles. The maximum absolute atomic E-state index is 13.4. The van der Waals surface area contributed by atoms with Gasteiger partial charge in [0.2, 0.25) is 5.91 Å². The second-order valence-electron chi connectivity index (χ2n) is 8.53. The molecule has 0 aliphatic rings. The molecule has 40 heavy (non-hydrogen) atoms. The molecule has 11 heteroatoms. The van der Waals surface area contributed by atoms with E-state index in [9.17, 15) is 15.1 Å². The third kappa shape index (κ3) is 9.32. The predicted octanol–water partition coefficient (Wildman–Crippen LogP) is 4.52. The van der Waals surface area contributed by atoms with E-state index in [1.54, 1.807) is 18.2 Å². The van der Waals surface area contributed by atoms with Crippen molar-refractivity contribution in [1.82, 2.24) is 5.32 Å². The minimum atomic E-state index is -1.29. The molecule has 3 aromatic rings. The zero-order chi connectivity index (χ0) is 28.6. The van der Waals surface area contributed by atoms with Crippen LogP contribution in [0.25, 0.3) is 10.4 Å². The molecule has 0 aliphatic carbocycles. The van der Waals surface area contributed by atoms with Crippen molar-refractivity contribution >= 4 is 11.9 Å². The lowest BCUT2D eigenvalue weighted by atomic mass is 10.0. The summed E-state index contributed by atoms with van der Waals surface area (Å²) in [6, 6.07) is 21.1. The van der Waals surface area contributed by atoms with Gasteiger partial charge in [-0.15, -0.1) is 0 Å². The van der Waals surface area contributed by atoms with E-state index in [2.05, 4.69) is 15.3 Å². The van der Waals surface area contributed by atoms with Crippen molar-refractivity contribution in [3.8, 4) is 11.5 Å². The van der Waals surface area contributed by atoms with Crippen LogP contribution in [0.1, 0.15) is 22.7 Å². The second kappa shape index (κ2) is 16.4. The number of carbonyl (C=O) groups excluding carboxylic acids is 2. The average Bonchev–Trinajstić information content (AvgIpc) is 2.99. The molecule has 3 aromatic carbocycles. The van der Waals surface area contributed by atoms with Gasteiger partial charge in [0, 0.05) is 18.4 Å². The number of benzene rings is 3. The number of methoxy groups -OCH3 is 2. The predicted molar refractivity (Wildman–Crippen MR) is 147 cm³/mol.